The third-order valence-electron chi connectivity index (χ3n) is 1.01. The number of aryl methyl sites for hydroxylation is 1. The lowest BCUT2D eigenvalue weighted by Gasteiger charge is -2.18. The van der Waals surface area contributed by atoms with Gasteiger partial charge >= 0.3 is 0 Å². The van der Waals surface area contributed by atoms with E-state index in [0.717, 1.165) is 0 Å². The van der Waals surface area contributed by atoms with E-state index in [1.165, 1.54) is 0 Å². The average Bonchev–Trinajstić information content (AvgIpc) is 2.12. The zero-order chi connectivity index (χ0) is 8.48. The van der Waals surface area contributed by atoms with Crippen LogP contribution in [0, 0.1) is 6.92 Å². The van der Waals surface area contributed by atoms with E-state index in [2.05, 4.69) is 14.9 Å². The van der Waals surface area contributed by atoms with Crippen LogP contribution in [0.15, 0.2) is 4.63 Å². The first-order valence-electron chi connectivity index (χ1n) is 3.47. The Bertz CT molecular complexity index is 237. The molecule has 1 aromatic rings. The normalized spacial score (nSPS) is 11.6. The van der Waals surface area contributed by atoms with E-state index in [4.69, 9.17) is 4.74 Å². The van der Waals surface area contributed by atoms with Gasteiger partial charge in [-0.15, -0.1) is 0 Å². The summed E-state index contributed by atoms with van der Waals surface area (Å²) < 4.78 is 9.87. The number of aromatic nitrogens is 2. The molecule has 0 bridgehead atoms. The first kappa shape index (κ1) is 8.04. The van der Waals surface area contributed by atoms with Crippen LogP contribution in [0.5, 0.6) is 5.88 Å². The quantitative estimate of drug-likeness (QED) is 0.619. The fraction of sp³-hybridized carbons (Fsp3) is 0.714. The monoisotopic (exact) mass is 156 g/mol. The Labute approximate surface area is 65.5 Å². The summed E-state index contributed by atoms with van der Waals surface area (Å²) in [6.07, 6.45) is 0. The zero-order valence-electron chi connectivity index (χ0n) is 7.21. The van der Waals surface area contributed by atoms with Crippen molar-refractivity contribution in [1.82, 2.24) is 10.3 Å². The predicted octanol–water partition coefficient (Wildman–Crippen LogP) is 1.56. The summed E-state index contributed by atoms with van der Waals surface area (Å²) in [5, 5.41) is 7.18. The third-order valence-corrected chi connectivity index (χ3v) is 1.01. The van der Waals surface area contributed by atoms with Crippen LogP contribution in [0.2, 0.25) is 0 Å². The summed E-state index contributed by atoms with van der Waals surface area (Å²) >= 11 is 0. The highest BCUT2D eigenvalue weighted by Gasteiger charge is 2.16. The summed E-state index contributed by atoms with van der Waals surface area (Å²) in [5.41, 5.74) is 0.434. The molecule has 4 heteroatoms. The van der Waals surface area contributed by atoms with Crippen molar-refractivity contribution >= 4 is 0 Å². The Morgan fingerprint density at radius 2 is 1.91 bits per heavy atom. The summed E-state index contributed by atoms with van der Waals surface area (Å²) in [6, 6.07) is 0. The molecule has 1 heterocycles. The summed E-state index contributed by atoms with van der Waals surface area (Å²) in [5.74, 6) is 0.470. The van der Waals surface area contributed by atoms with Crippen molar-refractivity contribution in [3.63, 3.8) is 0 Å². The van der Waals surface area contributed by atoms with E-state index >= 15 is 0 Å². The topological polar surface area (TPSA) is 48.2 Å². The standard InChI is InChI=1S/C7H12N2O2/c1-5-6(9-11-8-5)10-7(2,3)4/h1-4H3. The molecule has 0 spiro atoms. The molecule has 1 rings (SSSR count). The van der Waals surface area contributed by atoms with Crippen molar-refractivity contribution in [2.45, 2.75) is 33.3 Å². The van der Waals surface area contributed by atoms with Crippen molar-refractivity contribution in [3.05, 3.63) is 5.69 Å². The first-order chi connectivity index (χ1) is 4.99. The number of hydrogen-bond acceptors (Lipinski definition) is 4. The second-order valence-electron chi connectivity index (χ2n) is 3.37. The van der Waals surface area contributed by atoms with Gasteiger partial charge in [-0.2, -0.15) is 0 Å². The fourth-order valence-corrected chi connectivity index (χ4v) is 0.606. The molecule has 0 aliphatic carbocycles. The van der Waals surface area contributed by atoms with Crippen LogP contribution >= 0.6 is 0 Å². The number of hydrogen-bond donors (Lipinski definition) is 0. The van der Waals surface area contributed by atoms with Gasteiger partial charge in [0.1, 0.15) is 11.3 Å². The van der Waals surface area contributed by atoms with Crippen LogP contribution in [0.1, 0.15) is 26.5 Å². The number of rotatable bonds is 1. The average molecular weight is 156 g/mol. The lowest BCUT2D eigenvalue weighted by atomic mass is 10.2. The van der Waals surface area contributed by atoms with Gasteiger partial charge in [0.05, 0.1) is 0 Å². The SMILES string of the molecule is Cc1nonc1OC(C)(C)C. The van der Waals surface area contributed by atoms with Gasteiger partial charge in [0.25, 0.3) is 5.88 Å². The van der Waals surface area contributed by atoms with Gasteiger partial charge in [-0.1, -0.05) is 5.16 Å². The Morgan fingerprint density at radius 1 is 1.27 bits per heavy atom. The second kappa shape index (κ2) is 2.53. The van der Waals surface area contributed by atoms with Crippen molar-refractivity contribution in [2.24, 2.45) is 0 Å². The molecule has 0 saturated carbocycles. The molecule has 0 radical (unpaired) electrons. The molecule has 0 fully saturated rings. The molecule has 0 unspecified atom stereocenters. The molecule has 1 aromatic heterocycles. The Hall–Kier alpha value is -1.06. The van der Waals surface area contributed by atoms with E-state index in [1.54, 1.807) is 6.92 Å². The minimum absolute atomic E-state index is 0.247. The van der Waals surface area contributed by atoms with Crippen molar-refractivity contribution in [2.75, 3.05) is 0 Å². The summed E-state index contributed by atoms with van der Waals surface area (Å²) in [7, 11) is 0. The predicted molar refractivity (Wildman–Crippen MR) is 39.4 cm³/mol. The summed E-state index contributed by atoms with van der Waals surface area (Å²) in [4.78, 5) is 0. The largest absolute Gasteiger partial charge is 0.468 e. The van der Waals surface area contributed by atoms with E-state index in [-0.39, 0.29) is 5.60 Å². The number of nitrogens with zero attached hydrogens (tertiary/aromatic N) is 2. The summed E-state index contributed by atoms with van der Waals surface area (Å²) in [6.45, 7) is 7.63. The van der Waals surface area contributed by atoms with Gasteiger partial charge in [-0.05, 0) is 32.9 Å². The number of ether oxygens (including phenoxy) is 1. The lowest BCUT2D eigenvalue weighted by Crippen LogP contribution is -2.23. The smallest absolute Gasteiger partial charge is 0.279 e. The molecule has 62 valence electrons. The minimum atomic E-state index is -0.247. The second-order valence-corrected chi connectivity index (χ2v) is 3.37. The van der Waals surface area contributed by atoms with Crippen molar-refractivity contribution in [3.8, 4) is 5.88 Å². The maximum absolute atomic E-state index is 5.41. The van der Waals surface area contributed by atoms with Crippen LogP contribution in [0.4, 0.5) is 0 Å². The van der Waals surface area contributed by atoms with Crippen molar-refractivity contribution in [1.29, 1.82) is 0 Å². The van der Waals surface area contributed by atoms with Gasteiger partial charge < -0.3 is 4.74 Å². The van der Waals surface area contributed by atoms with E-state index < -0.39 is 0 Å². The molecular weight excluding hydrogens is 144 g/mol. The third kappa shape index (κ3) is 2.22. The molecule has 0 aliphatic rings. The fourth-order valence-electron chi connectivity index (χ4n) is 0.606. The Morgan fingerprint density at radius 3 is 2.27 bits per heavy atom. The molecule has 0 atom stereocenters. The molecule has 4 nitrogen and oxygen atoms in total. The van der Waals surface area contributed by atoms with Crippen LogP contribution < -0.4 is 4.74 Å². The molecule has 11 heavy (non-hydrogen) atoms. The Balaban J connectivity index is 2.72. The van der Waals surface area contributed by atoms with Gasteiger partial charge in [0.15, 0.2) is 0 Å². The van der Waals surface area contributed by atoms with Gasteiger partial charge in [-0.3, -0.25) is 0 Å². The molecular formula is C7H12N2O2. The first-order valence-corrected chi connectivity index (χ1v) is 3.47. The highest BCUT2D eigenvalue weighted by molar-refractivity contribution is 5.12. The molecule has 0 N–H and O–H groups in total. The molecule has 0 aliphatic heterocycles. The lowest BCUT2D eigenvalue weighted by molar-refractivity contribution is 0.115. The molecule has 0 saturated heterocycles. The highest BCUT2D eigenvalue weighted by Crippen LogP contribution is 2.17. The van der Waals surface area contributed by atoms with E-state index in [9.17, 15) is 0 Å². The van der Waals surface area contributed by atoms with Crippen LogP contribution in [-0.2, 0) is 0 Å². The van der Waals surface area contributed by atoms with Gasteiger partial charge in [0.2, 0.25) is 0 Å². The van der Waals surface area contributed by atoms with Crippen LogP contribution in [0.3, 0.4) is 0 Å². The van der Waals surface area contributed by atoms with Crippen LogP contribution in [-0.4, -0.2) is 15.9 Å². The Kier molecular flexibility index (Phi) is 1.85. The van der Waals surface area contributed by atoms with E-state index in [0.29, 0.717) is 11.6 Å². The van der Waals surface area contributed by atoms with Crippen molar-refractivity contribution < 1.29 is 9.37 Å². The van der Waals surface area contributed by atoms with Gasteiger partial charge in [-0.25, -0.2) is 4.63 Å². The zero-order valence-corrected chi connectivity index (χ0v) is 7.21. The minimum Gasteiger partial charge on any atom is -0.468 e. The maximum atomic E-state index is 5.41. The van der Waals surface area contributed by atoms with E-state index in [1.807, 2.05) is 20.8 Å². The van der Waals surface area contributed by atoms with Crippen LogP contribution in [0.25, 0.3) is 0 Å². The molecule has 0 aromatic carbocycles. The highest BCUT2D eigenvalue weighted by atomic mass is 16.6. The molecule has 0 amide bonds. The maximum Gasteiger partial charge on any atom is 0.279 e. The van der Waals surface area contributed by atoms with Gasteiger partial charge in [0, 0.05) is 0 Å².